The third-order valence-electron chi connectivity index (χ3n) is 3.57. The molecule has 0 radical (unpaired) electrons. The highest BCUT2D eigenvalue weighted by Gasteiger charge is 2.38. The summed E-state index contributed by atoms with van der Waals surface area (Å²) >= 11 is 0. The van der Waals surface area contributed by atoms with E-state index in [1.807, 2.05) is 0 Å². The summed E-state index contributed by atoms with van der Waals surface area (Å²) in [6, 6.07) is 17.5. The average Bonchev–Trinajstić information content (AvgIpc) is 2.86. The van der Waals surface area contributed by atoms with E-state index in [1.54, 1.807) is 0 Å². The number of nitrogens with zero attached hydrogens (tertiary/aromatic N) is 1. The molecule has 2 aromatic carbocycles. The molecule has 0 spiro atoms. The molecule has 0 saturated heterocycles. The Bertz CT molecular complexity index is 449. The van der Waals surface area contributed by atoms with Crippen LogP contribution in [0.5, 0.6) is 0 Å². The minimum absolute atomic E-state index is 0.609. The maximum atomic E-state index is 2.44. The molecule has 0 aliphatic carbocycles. The van der Waals surface area contributed by atoms with Crippen LogP contribution in [-0.4, -0.2) is 6.54 Å². The molecule has 2 aliphatic rings. The predicted molar refractivity (Wildman–Crippen MR) is 61.7 cm³/mol. The van der Waals surface area contributed by atoms with Crippen molar-refractivity contribution < 1.29 is 0 Å². The van der Waals surface area contributed by atoms with Crippen molar-refractivity contribution in [3.05, 3.63) is 59.7 Å². The van der Waals surface area contributed by atoms with Gasteiger partial charge in [-0.3, -0.25) is 0 Å². The highest BCUT2D eigenvalue weighted by atomic mass is 15.2. The van der Waals surface area contributed by atoms with Crippen LogP contribution in [0.25, 0.3) is 0 Å². The summed E-state index contributed by atoms with van der Waals surface area (Å²) in [5.74, 6) is 0.609. The fourth-order valence-electron chi connectivity index (χ4n) is 2.93. The summed E-state index contributed by atoms with van der Waals surface area (Å²) in [6.45, 7) is 1.14. The van der Waals surface area contributed by atoms with Crippen LogP contribution in [0.2, 0.25) is 0 Å². The molecule has 1 nitrogen and oxygen atoms in total. The molecule has 4 rings (SSSR count). The van der Waals surface area contributed by atoms with Gasteiger partial charge in [-0.1, -0.05) is 36.4 Å². The molecule has 0 atom stereocenters. The number of hydrogen-bond donors (Lipinski definition) is 0. The Balaban J connectivity index is 2.02. The van der Waals surface area contributed by atoms with E-state index in [4.69, 9.17) is 0 Å². The summed E-state index contributed by atoms with van der Waals surface area (Å²) in [7, 11) is 0. The van der Waals surface area contributed by atoms with E-state index in [0.717, 1.165) is 6.54 Å². The van der Waals surface area contributed by atoms with Crippen molar-refractivity contribution in [1.82, 2.24) is 0 Å². The highest BCUT2D eigenvalue weighted by Crippen LogP contribution is 2.52. The quantitative estimate of drug-likeness (QED) is 0.620. The molecular formula is C14H11N. The van der Waals surface area contributed by atoms with Gasteiger partial charge < -0.3 is 4.90 Å². The van der Waals surface area contributed by atoms with E-state index in [-0.39, 0.29) is 0 Å². The molecule has 0 unspecified atom stereocenters. The molecular weight excluding hydrogens is 182 g/mol. The molecule has 2 bridgehead atoms. The van der Waals surface area contributed by atoms with Crippen LogP contribution in [0.15, 0.2) is 48.5 Å². The minimum Gasteiger partial charge on any atom is -0.340 e. The molecule has 2 aromatic rings. The van der Waals surface area contributed by atoms with Gasteiger partial charge in [0.2, 0.25) is 0 Å². The molecule has 2 heterocycles. The van der Waals surface area contributed by atoms with Crippen molar-refractivity contribution in [3.63, 3.8) is 0 Å². The van der Waals surface area contributed by atoms with Gasteiger partial charge in [0.05, 0.1) is 0 Å². The van der Waals surface area contributed by atoms with Gasteiger partial charge in [-0.05, 0) is 23.3 Å². The Morgan fingerprint density at radius 1 is 0.800 bits per heavy atom. The van der Waals surface area contributed by atoms with Crippen LogP contribution >= 0.6 is 0 Å². The maximum Gasteiger partial charge on any atom is 0.0450 e. The topological polar surface area (TPSA) is 3.24 Å². The van der Waals surface area contributed by atoms with E-state index >= 15 is 0 Å². The molecule has 0 amide bonds. The zero-order valence-electron chi connectivity index (χ0n) is 8.35. The number of rotatable bonds is 0. The Hall–Kier alpha value is -1.76. The number of para-hydroxylation sites is 2. The molecule has 0 saturated carbocycles. The van der Waals surface area contributed by atoms with Gasteiger partial charge in [0.1, 0.15) is 0 Å². The van der Waals surface area contributed by atoms with Gasteiger partial charge in [0, 0.05) is 23.8 Å². The maximum absolute atomic E-state index is 2.44. The average molecular weight is 193 g/mol. The van der Waals surface area contributed by atoms with Gasteiger partial charge in [-0.25, -0.2) is 0 Å². The molecule has 15 heavy (non-hydrogen) atoms. The largest absolute Gasteiger partial charge is 0.340 e. The van der Waals surface area contributed by atoms with Gasteiger partial charge in [-0.15, -0.1) is 0 Å². The van der Waals surface area contributed by atoms with Crippen LogP contribution in [0.3, 0.4) is 0 Å². The van der Waals surface area contributed by atoms with Crippen molar-refractivity contribution in [1.29, 1.82) is 0 Å². The summed E-state index contributed by atoms with van der Waals surface area (Å²) in [5, 5.41) is 0. The van der Waals surface area contributed by atoms with Crippen LogP contribution in [0.1, 0.15) is 17.0 Å². The third-order valence-corrected chi connectivity index (χ3v) is 3.57. The lowest BCUT2D eigenvalue weighted by Crippen LogP contribution is -2.08. The Labute approximate surface area is 89.0 Å². The second-order valence-electron chi connectivity index (χ2n) is 4.28. The van der Waals surface area contributed by atoms with E-state index in [1.165, 1.54) is 22.5 Å². The lowest BCUT2D eigenvalue weighted by molar-refractivity contribution is 0.927. The fraction of sp³-hybridized carbons (Fsp3) is 0.143. The Kier molecular flexibility index (Phi) is 1.22. The molecule has 2 aliphatic heterocycles. The monoisotopic (exact) mass is 193 g/mol. The lowest BCUT2D eigenvalue weighted by Gasteiger charge is -2.21. The van der Waals surface area contributed by atoms with Crippen molar-refractivity contribution in [2.75, 3.05) is 11.4 Å². The van der Waals surface area contributed by atoms with Gasteiger partial charge >= 0.3 is 0 Å². The first-order valence-corrected chi connectivity index (χ1v) is 5.40. The molecule has 1 heteroatoms. The first-order valence-electron chi connectivity index (χ1n) is 5.40. The van der Waals surface area contributed by atoms with E-state index < -0.39 is 0 Å². The Morgan fingerprint density at radius 3 is 1.93 bits per heavy atom. The standard InChI is InChI=1S/C14H11N/c1-3-7-13-10(5-1)12-9-15(13)14-8-4-2-6-11(12)14/h1-8,12H,9H2. The zero-order valence-corrected chi connectivity index (χ0v) is 8.35. The van der Waals surface area contributed by atoms with Crippen LogP contribution < -0.4 is 4.90 Å². The van der Waals surface area contributed by atoms with Crippen molar-refractivity contribution in [3.8, 4) is 0 Å². The van der Waals surface area contributed by atoms with Crippen molar-refractivity contribution in [2.24, 2.45) is 0 Å². The SMILES string of the molecule is c1ccc2c(c1)C1CN2c2ccccc21. The number of benzene rings is 2. The summed E-state index contributed by atoms with van der Waals surface area (Å²) in [6.07, 6.45) is 0. The number of hydrogen-bond acceptors (Lipinski definition) is 1. The van der Waals surface area contributed by atoms with Crippen molar-refractivity contribution >= 4 is 11.4 Å². The zero-order chi connectivity index (χ0) is 9.83. The van der Waals surface area contributed by atoms with E-state index in [0.29, 0.717) is 5.92 Å². The third kappa shape index (κ3) is 0.793. The summed E-state index contributed by atoms with van der Waals surface area (Å²) in [5.41, 5.74) is 5.80. The molecule has 0 aromatic heterocycles. The number of fused-ring (bicyclic) bond motifs is 8. The first kappa shape index (κ1) is 7.52. The fourth-order valence-corrected chi connectivity index (χ4v) is 2.93. The highest BCUT2D eigenvalue weighted by molar-refractivity contribution is 5.81. The molecule has 72 valence electrons. The molecule has 0 fully saturated rings. The smallest absolute Gasteiger partial charge is 0.0450 e. The van der Waals surface area contributed by atoms with Crippen LogP contribution in [0, 0.1) is 0 Å². The minimum atomic E-state index is 0.609. The van der Waals surface area contributed by atoms with Gasteiger partial charge in [-0.2, -0.15) is 0 Å². The first-order chi connectivity index (χ1) is 7.45. The number of anilines is 2. The van der Waals surface area contributed by atoms with Gasteiger partial charge in [0.15, 0.2) is 0 Å². The Morgan fingerprint density at radius 2 is 1.33 bits per heavy atom. The summed E-state index contributed by atoms with van der Waals surface area (Å²) < 4.78 is 0. The van der Waals surface area contributed by atoms with Crippen LogP contribution in [0.4, 0.5) is 11.4 Å². The molecule has 0 N–H and O–H groups in total. The second kappa shape index (κ2) is 2.43. The second-order valence-corrected chi connectivity index (χ2v) is 4.28. The normalized spacial score (nSPS) is 16.7. The van der Waals surface area contributed by atoms with Crippen LogP contribution in [-0.2, 0) is 0 Å². The lowest BCUT2D eigenvalue weighted by atomic mass is 9.92. The summed E-state index contributed by atoms with van der Waals surface area (Å²) in [4.78, 5) is 2.44. The van der Waals surface area contributed by atoms with E-state index in [9.17, 15) is 0 Å². The van der Waals surface area contributed by atoms with Gasteiger partial charge in [0.25, 0.3) is 0 Å². The predicted octanol–water partition coefficient (Wildman–Crippen LogP) is 3.28. The van der Waals surface area contributed by atoms with Crippen molar-refractivity contribution in [2.45, 2.75) is 5.92 Å². The van der Waals surface area contributed by atoms with E-state index in [2.05, 4.69) is 53.4 Å².